The lowest BCUT2D eigenvalue weighted by molar-refractivity contribution is 0.483. The van der Waals surface area contributed by atoms with Gasteiger partial charge in [0.2, 0.25) is 0 Å². The van der Waals surface area contributed by atoms with Crippen molar-refractivity contribution in [3.8, 4) is 0 Å². The number of azo groups is 1. The van der Waals surface area contributed by atoms with E-state index in [0.29, 0.717) is 22.5 Å². The summed E-state index contributed by atoms with van der Waals surface area (Å²) >= 11 is 0. The topological polar surface area (TPSA) is 105 Å². The predicted molar refractivity (Wildman–Crippen MR) is 90.2 cm³/mol. The van der Waals surface area contributed by atoms with Gasteiger partial charge in [0, 0.05) is 5.69 Å². The molecule has 0 saturated carbocycles. The third kappa shape index (κ3) is 3.75. The van der Waals surface area contributed by atoms with E-state index in [1.807, 2.05) is 13.8 Å². The molecule has 0 heterocycles. The summed E-state index contributed by atoms with van der Waals surface area (Å²) in [6.07, 6.45) is 0. The monoisotopic (exact) mass is 333 g/mol. The largest absolute Gasteiger partial charge is 0.399 e. The number of hydrogen-bond donors (Lipinski definition) is 2. The van der Waals surface area contributed by atoms with Gasteiger partial charge in [0.05, 0.1) is 5.69 Å². The van der Waals surface area contributed by atoms with Gasteiger partial charge in [-0.05, 0) is 68.1 Å². The van der Waals surface area contributed by atoms with E-state index in [2.05, 4.69) is 10.2 Å². The third-order valence-electron chi connectivity index (χ3n) is 3.53. The van der Waals surface area contributed by atoms with Crippen molar-refractivity contribution in [2.24, 2.45) is 10.2 Å². The Morgan fingerprint density at radius 1 is 0.913 bits per heavy atom. The zero-order valence-electron chi connectivity index (χ0n) is 13.5. The van der Waals surface area contributed by atoms with E-state index in [-0.39, 0.29) is 10.6 Å². The molecule has 6 nitrogen and oxygen atoms in total. The number of hydrogen-bond acceptors (Lipinski definition) is 5. The molecule has 0 aromatic heterocycles. The fourth-order valence-electron chi connectivity index (χ4n) is 2.28. The molecule has 7 heteroatoms. The van der Waals surface area contributed by atoms with Gasteiger partial charge in [-0.3, -0.25) is 4.55 Å². The zero-order valence-corrected chi connectivity index (χ0v) is 14.3. The van der Waals surface area contributed by atoms with Crippen molar-refractivity contribution in [1.29, 1.82) is 0 Å². The molecule has 2 aromatic rings. The smallest absolute Gasteiger partial charge is 0.296 e. The summed E-state index contributed by atoms with van der Waals surface area (Å²) < 4.78 is 32.6. The fraction of sp³-hybridized carbons (Fsp3) is 0.250. The van der Waals surface area contributed by atoms with Crippen molar-refractivity contribution < 1.29 is 13.0 Å². The Balaban J connectivity index is 2.59. The maximum atomic E-state index is 11.6. The van der Waals surface area contributed by atoms with Crippen LogP contribution in [0.4, 0.5) is 17.1 Å². The van der Waals surface area contributed by atoms with Gasteiger partial charge in [-0.1, -0.05) is 6.07 Å². The molecule has 0 aliphatic heterocycles. The average molecular weight is 333 g/mol. The fourth-order valence-corrected chi connectivity index (χ4v) is 3.06. The maximum absolute atomic E-state index is 11.6. The number of nitrogen functional groups attached to an aromatic ring is 1. The van der Waals surface area contributed by atoms with Crippen LogP contribution in [-0.2, 0) is 10.1 Å². The molecule has 0 fully saturated rings. The summed E-state index contributed by atoms with van der Waals surface area (Å²) in [5.74, 6) is 0. The molecule has 0 amide bonds. The highest BCUT2D eigenvalue weighted by molar-refractivity contribution is 7.86. The molecule has 0 radical (unpaired) electrons. The summed E-state index contributed by atoms with van der Waals surface area (Å²) in [6, 6.07) is 6.72. The van der Waals surface area contributed by atoms with Crippen LogP contribution in [0.15, 0.2) is 39.4 Å². The Labute approximate surface area is 135 Å². The van der Waals surface area contributed by atoms with E-state index in [9.17, 15) is 13.0 Å². The van der Waals surface area contributed by atoms with Crippen molar-refractivity contribution >= 4 is 27.2 Å². The normalized spacial score (nSPS) is 12.0. The first-order valence-electron chi connectivity index (χ1n) is 6.97. The van der Waals surface area contributed by atoms with Gasteiger partial charge in [0.25, 0.3) is 10.1 Å². The molecule has 2 aromatic carbocycles. The highest BCUT2D eigenvalue weighted by atomic mass is 32.2. The van der Waals surface area contributed by atoms with Gasteiger partial charge in [-0.2, -0.15) is 13.5 Å². The number of benzene rings is 2. The van der Waals surface area contributed by atoms with Gasteiger partial charge >= 0.3 is 0 Å². The molecule has 0 atom stereocenters. The second kappa shape index (κ2) is 6.10. The number of aryl methyl sites for hydroxylation is 4. The summed E-state index contributed by atoms with van der Waals surface area (Å²) in [7, 11) is -4.38. The minimum absolute atomic E-state index is 0.131. The average Bonchev–Trinajstić information content (AvgIpc) is 2.41. The third-order valence-corrected chi connectivity index (χ3v) is 4.40. The second-order valence-electron chi connectivity index (χ2n) is 5.60. The molecule has 0 aliphatic carbocycles. The summed E-state index contributed by atoms with van der Waals surface area (Å²) in [5, 5.41) is 8.20. The number of nitrogens with zero attached hydrogens (tertiary/aromatic N) is 2. The highest BCUT2D eigenvalue weighted by Gasteiger charge is 2.18. The van der Waals surface area contributed by atoms with Crippen LogP contribution in [-0.4, -0.2) is 13.0 Å². The van der Waals surface area contributed by atoms with E-state index in [4.69, 9.17) is 5.73 Å². The zero-order chi connectivity index (χ0) is 17.4. The number of rotatable bonds is 3. The van der Waals surface area contributed by atoms with Gasteiger partial charge < -0.3 is 5.73 Å². The van der Waals surface area contributed by atoms with Crippen LogP contribution >= 0.6 is 0 Å². The lowest BCUT2D eigenvalue weighted by Gasteiger charge is -2.08. The van der Waals surface area contributed by atoms with Crippen molar-refractivity contribution in [3.63, 3.8) is 0 Å². The van der Waals surface area contributed by atoms with Crippen LogP contribution in [0, 0.1) is 27.7 Å². The Bertz CT molecular complexity index is 903. The molecule has 0 spiro atoms. The summed E-state index contributed by atoms with van der Waals surface area (Å²) in [6.45, 7) is 7.16. The maximum Gasteiger partial charge on any atom is 0.296 e. The lowest BCUT2D eigenvalue weighted by atomic mass is 10.1. The second-order valence-corrected chi connectivity index (χ2v) is 6.99. The Morgan fingerprint density at radius 2 is 1.57 bits per heavy atom. The predicted octanol–water partition coefficient (Wildman–Crippen LogP) is 4.16. The molecular weight excluding hydrogens is 314 g/mol. The number of nitrogens with two attached hydrogens (primary N) is 1. The standard InChI is InChI=1S/C16H19N3O3S/c1-9-5-12(4)16(15(6-9)23(20,21)22)19-18-14-8-10(2)13(17)7-11(14)3/h5-8H,17H2,1-4H3,(H,20,21,22). The molecule has 2 rings (SSSR count). The SMILES string of the molecule is Cc1cc(C)c(N=Nc2cc(C)c(N)cc2C)c(S(=O)(=O)O)c1. The molecule has 0 saturated heterocycles. The van der Waals surface area contributed by atoms with E-state index in [1.165, 1.54) is 6.07 Å². The first-order valence-corrected chi connectivity index (χ1v) is 8.41. The molecule has 0 aliphatic rings. The van der Waals surface area contributed by atoms with E-state index in [1.54, 1.807) is 32.0 Å². The Kier molecular flexibility index (Phi) is 4.53. The van der Waals surface area contributed by atoms with Crippen LogP contribution in [0.25, 0.3) is 0 Å². The van der Waals surface area contributed by atoms with Crippen molar-refractivity contribution in [3.05, 3.63) is 46.5 Å². The molecule has 122 valence electrons. The Hall–Kier alpha value is -2.25. The molecule has 0 unspecified atom stereocenters. The first kappa shape index (κ1) is 17.1. The van der Waals surface area contributed by atoms with Gasteiger partial charge in [0.15, 0.2) is 0 Å². The minimum atomic E-state index is -4.38. The van der Waals surface area contributed by atoms with Crippen LogP contribution in [0.2, 0.25) is 0 Å². The summed E-state index contributed by atoms with van der Waals surface area (Å²) in [5.41, 5.74) is 10.2. The molecule has 23 heavy (non-hydrogen) atoms. The summed E-state index contributed by atoms with van der Waals surface area (Å²) in [4.78, 5) is -0.247. The van der Waals surface area contributed by atoms with Crippen LogP contribution in [0.3, 0.4) is 0 Å². The molecular formula is C16H19N3O3S. The van der Waals surface area contributed by atoms with Crippen molar-refractivity contribution in [2.75, 3.05) is 5.73 Å². The van der Waals surface area contributed by atoms with Gasteiger partial charge in [-0.25, -0.2) is 0 Å². The van der Waals surface area contributed by atoms with Gasteiger partial charge in [0.1, 0.15) is 10.6 Å². The Morgan fingerprint density at radius 3 is 2.17 bits per heavy atom. The van der Waals surface area contributed by atoms with E-state index < -0.39 is 10.1 Å². The van der Waals surface area contributed by atoms with Gasteiger partial charge in [-0.15, -0.1) is 5.11 Å². The first-order chi connectivity index (χ1) is 10.6. The van der Waals surface area contributed by atoms with E-state index in [0.717, 1.165) is 11.1 Å². The van der Waals surface area contributed by atoms with Crippen molar-refractivity contribution in [2.45, 2.75) is 32.6 Å². The lowest BCUT2D eigenvalue weighted by Crippen LogP contribution is -2.00. The molecule has 0 bridgehead atoms. The quantitative estimate of drug-likeness (QED) is 0.499. The van der Waals surface area contributed by atoms with Crippen LogP contribution < -0.4 is 5.73 Å². The molecule has 3 N–H and O–H groups in total. The number of anilines is 1. The van der Waals surface area contributed by atoms with Crippen molar-refractivity contribution in [1.82, 2.24) is 0 Å². The highest BCUT2D eigenvalue weighted by Crippen LogP contribution is 2.32. The minimum Gasteiger partial charge on any atom is -0.399 e. The van der Waals surface area contributed by atoms with E-state index >= 15 is 0 Å². The van der Waals surface area contributed by atoms with Crippen LogP contribution in [0.1, 0.15) is 22.3 Å². The van der Waals surface area contributed by atoms with Crippen LogP contribution in [0.5, 0.6) is 0 Å².